The van der Waals surface area contributed by atoms with Gasteiger partial charge in [0.05, 0.1) is 33.4 Å². The Labute approximate surface area is 282 Å². The van der Waals surface area contributed by atoms with Crippen LogP contribution in [0.25, 0.3) is 0 Å². The van der Waals surface area contributed by atoms with Gasteiger partial charge in [-0.25, -0.2) is 28.8 Å². The van der Waals surface area contributed by atoms with E-state index in [1.165, 1.54) is 72.8 Å². The first-order valence-corrected chi connectivity index (χ1v) is 9.53. The van der Waals surface area contributed by atoms with Gasteiger partial charge in [-0.15, -0.1) is 0 Å². The Morgan fingerprint density at radius 2 is 0.366 bits per heavy atom. The summed E-state index contributed by atoms with van der Waals surface area (Å²) < 4.78 is 0. The van der Waals surface area contributed by atoms with Crippen LogP contribution in [0.4, 0.5) is 0 Å². The second kappa shape index (κ2) is 23.6. The molecule has 3 rings (SSSR count). The van der Waals surface area contributed by atoms with Gasteiger partial charge in [-0.3, -0.25) is 0 Å². The van der Waals surface area contributed by atoms with Gasteiger partial charge in [-0.1, -0.05) is 0 Å². The van der Waals surface area contributed by atoms with Gasteiger partial charge >= 0.3 is 114 Å². The van der Waals surface area contributed by atoms with Crippen LogP contribution in [0, 0.1) is 0 Å². The fraction of sp³-hybridized carbons (Fsp3) is 0. The molecule has 13 nitrogen and oxygen atoms in total. The van der Waals surface area contributed by atoms with E-state index in [0.717, 1.165) is 0 Å². The molecule has 0 saturated heterocycles. The third-order valence-electron chi connectivity index (χ3n) is 4.14. The summed E-state index contributed by atoms with van der Waals surface area (Å²) in [6, 6.07) is 15.1. The Morgan fingerprint density at radius 3 is 0.415 bits per heavy atom. The molecule has 0 saturated carbocycles. The normalized spacial score (nSPS) is 8.20. The Morgan fingerprint density at radius 1 is 0.293 bits per heavy atom. The van der Waals surface area contributed by atoms with Crippen molar-refractivity contribution in [3.05, 3.63) is 106 Å². The minimum Gasteiger partial charge on any atom is -2.00 e. The number of hydrogen-bond donors (Lipinski definition) is 6. The van der Waals surface area contributed by atoms with E-state index in [9.17, 15) is 28.8 Å². The topological polar surface area (TPSA) is 252 Å². The van der Waals surface area contributed by atoms with Crippen molar-refractivity contribution in [2.45, 2.75) is 0 Å². The van der Waals surface area contributed by atoms with Crippen LogP contribution in [0.15, 0.2) is 72.8 Å². The quantitative estimate of drug-likeness (QED) is 0.198. The standard InChI is InChI=1S/3C8H6O4.O.4Zn/c3*9-7(10)5-1-2-6(4-3-5)8(11)12;;;;;/h3*1-4H,(H,9,10)(H,11,12);;;;;/q;;;-2;4*+2. The van der Waals surface area contributed by atoms with E-state index < -0.39 is 35.8 Å². The predicted octanol–water partition coefficient (Wildman–Crippen LogP) is 3.12. The van der Waals surface area contributed by atoms with Gasteiger partial charge in [0, 0.05) is 0 Å². The van der Waals surface area contributed by atoms with Crippen LogP contribution < -0.4 is 0 Å². The van der Waals surface area contributed by atoms with E-state index >= 15 is 0 Å². The van der Waals surface area contributed by atoms with Crippen molar-refractivity contribution in [3.63, 3.8) is 0 Å². The molecule has 0 bridgehead atoms. The first kappa shape index (κ1) is 47.7. The molecule has 0 amide bonds. The number of carboxylic acid groups (broad SMARTS) is 6. The third-order valence-corrected chi connectivity index (χ3v) is 4.14. The molecule has 0 radical (unpaired) electrons. The molecule has 0 unspecified atom stereocenters. The number of aromatic carboxylic acids is 6. The summed E-state index contributed by atoms with van der Waals surface area (Å²) in [5, 5.41) is 50.8. The fourth-order valence-corrected chi connectivity index (χ4v) is 2.27. The van der Waals surface area contributed by atoms with Crippen molar-refractivity contribution in [2.75, 3.05) is 0 Å². The number of carboxylic acids is 6. The van der Waals surface area contributed by atoms with Gasteiger partial charge in [0.1, 0.15) is 0 Å². The van der Waals surface area contributed by atoms with Crippen LogP contribution in [-0.4, -0.2) is 66.5 Å². The number of rotatable bonds is 6. The van der Waals surface area contributed by atoms with Gasteiger partial charge in [-0.05, 0) is 72.8 Å². The van der Waals surface area contributed by atoms with E-state index in [1.54, 1.807) is 0 Å². The molecule has 0 aliphatic heterocycles. The molecule has 0 aliphatic carbocycles. The summed E-state index contributed by atoms with van der Waals surface area (Å²) in [6.07, 6.45) is 0. The zero-order chi connectivity index (χ0) is 27.4. The molecule has 17 heteroatoms. The first-order valence-electron chi connectivity index (χ1n) is 9.53. The van der Waals surface area contributed by atoms with Crippen molar-refractivity contribution in [3.8, 4) is 0 Å². The summed E-state index contributed by atoms with van der Waals surface area (Å²) in [6.45, 7) is 0. The third kappa shape index (κ3) is 17.4. The summed E-state index contributed by atoms with van der Waals surface area (Å²) in [4.78, 5) is 62.0. The molecule has 0 spiro atoms. The average molecular weight is 776 g/mol. The maximum absolute atomic E-state index is 10.3. The van der Waals surface area contributed by atoms with Crippen molar-refractivity contribution < 1.29 is 143 Å². The van der Waals surface area contributed by atoms with E-state index in [0.29, 0.717) is 0 Å². The van der Waals surface area contributed by atoms with Gasteiger partial charge in [0.2, 0.25) is 0 Å². The summed E-state index contributed by atoms with van der Waals surface area (Å²) in [7, 11) is 0. The monoisotopic (exact) mass is 770 g/mol. The summed E-state index contributed by atoms with van der Waals surface area (Å²) in [5.41, 5.74) is 0.500. The molecule has 6 N–H and O–H groups in total. The van der Waals surface area contributed by atoms with Crippen LogP contribution in [0.5, 0.6) is 0 Å². The average Bonchev–Trinajstić information content (AvgIpc) is 2.84. The van der Waals surface area contributed by atoms with Crippen molar-refractivity contribution in [1.29, 1.82) is 0 Å². The SMILES string of the molecule is O=C(O)c1ccc(C(=O)O)cc1.O=C(O)c1ccc(C(=O)O)cc1.O=C(O)c1ccc(C(=O)O)cc1.[O-2].[Zn+2].[Zn+2].[Zn+2].[Zn+2]. The Kier molecular flexibility index (Phi) is 27.5. The summed E-state index contributed by atoms with van der Waals surface area (Å²) in [5.74, 6) is -6.38. The maximum Gasteiger partial charge on any atom is 2.00 e. The zero-order valence-corrected chi connectivity index (χ0v) is 33.2. The van der Waals surface area contributed by atoms with Gasteiger partial charge in [-0.2, -0.15) is 0 Å². The van der Waals surface area contributed by atoms with Crippen LogP contribution in [0.3, 0.4) is 0 Å². The van der Waals surface area contributed by atoms with Gasteiger partial charge < -0.3 is 36.1 Å². The Balaban J connectivity index is -0.000000149. The van der Waals surface area contributed by atoms with Crippen LogP contribution in [0.2, 0.25) is 0 Å². The smallest absolute Gasteiger partial charge is 2.00 e. The van der Waals surface area contributed by atoms with E-state index in [1.807, 2.05) is 0 Å². The fourth-order valence-electron chi connectivity index (χ4n) is 2.27. The first-order chi connectivity index (χ1) is 16.8. The van der Waals surface area contributed by atoms with E-state index in [4.69, 9.17) is 30.6 Å². The van der Waals surface area contributed by atoms with Crippen LogP contribution in [0.1, 0.15) is 62.1 Å². The molecule has 3 aromatic carbocycles. The summed E-state index contributed by atoms with van der Waals surface area (Å²) >= 11 is 0. The maximum atomic E-state index is 10.3. The molecule has 3 aromatic rings. The molecule has 0 heterocycles. The zero-order valence-electron chi connectivity index (χ0n) is 21.3. The Hall–Kier alpha value is -3.07. The largest absolute Gasteiger partial charge is 2.00 e. The minimum atomic E-state index is -1.06. The molecule has 0 aromatic heterocycles. The molecular formula is C24H18O13Zn4+6. The van der Waals surface area contributed by atoms with Crippen molar-refractivity contribution >= 4 is 35.8 Å². The molecule has 0 atom stereocenters. The molecule has 0 fully saturated rings. The second-order valence-electron chi connectivity index (χ2n) is 6.56. The number of hydrogen-bond acceptors (Lipinski definition) is 6. The predicted molar refractivity (Wildman–Crippen MR) is 122 cm³/mol. The molecular weight excluding hydrogens is 758 g/mol. The van der Waals surface area contributed by atoms with E-state index in [-0.39, 0.29) is 117 Å². The van der Waals surface area contributed by atoms with Gasteiger partial charge in [0.25, 0.3) is 0 Å². The molecule has 41 heavy (non-hydrogen) atoms. The van der Waals surface area contributed by atoms with Crippen LogP contribution >= 0.6 is 0 Å². The minimum absolute atomic E-state index is 0. The Bertz CT molecular complexity index is 1020. The van der Waals surface area contributed by atoms with Crippen molar-refractivity contribution in [1.82, 2.24) is 0 Å². The van der Waals surface area contributed by atoms with E-state index in [2.05, 4.69) is 0 Å². The van der Waals surface area contributed by atoms with Gasteiger partial charge in [0.15, 0.2) is 0 Å². The van der Waals surface area contributed by atoms with Crippen LogP contribution in [-0.2, 0) is 83.4 Å². The number of benzene rings is 3. The molecule has 194 valence electrons. The second-order valence-corrected chi connectivity index (χ2v) is 6.56. The van der Waals surface area contributed by atoms with Crippen molar-refractivity contribution in [2.24, 2.45) is 0 Å². The molecule has 0 aliphatic rings. The number of carbonyl (C=O) groups is 6.